The highest BCUT2D eigenvalue weighted by Crippen LogP contribution is 2.31. The number of hydrogen-bond acceptors (Lipinski definition) is 0. The van der Waals surface area contributed by atoms with Gasteiger partial charge in [0.1, 0.15) is 0 Å². The second-order valence-electron chi connectivity index (χ2n) is 28.4. The molecule has 0 radical (unpaired) electrons. The molecular formula is C96H118Cl2. The van der Waals surface area contributed by atoms with Crippen LogP contribution in [0.4, 0.5) is 0 Å². The van der Waals surface area contributed by atoms with E-state index in [-0.39, 0.29) is 5.41 Å². The van der Waals surface area contributed by atoms with Gasteiger partial charge >= 0.3 is 0 Å². The standard InChI is InChI=1S/C21H30.C21H36.C18H18.C16H14.C12H12.C8H8Cl2/c1-3-4-5-6-7-8-9-12-18(2)20-16-15-19-13-10-11-14-21(19)17-20;1-3-4-5-6-7-8-9-10-11-12-14-17-20(2)21-18-15-13-16-19-21;1-18(2,3)17-9-8-15-10-13-6-4-5-7-14(13)11-16(15)12-17;1-2-12-7-8-15-10-13-5-3-4-6-14(13)11-16(15)9-12;1-2-10-7-8-11-5-3-4-6-12(11)9-10;1-2-6-3-4-7(9)5-8(6)10/h10-11,13-18H,3-9,12H2,1-2H3;13,15-16,18-20H,3-12,14,17H2,1-2H3;4-12H,1-3H3;3-11H,2H2,1H3;3-9H,2H2,1H3;3-5H,2H2,1H3. The van der Waals surface area contributed by atoms with Crippen molar-refractivity contribution in [2.24, 2.45) is 0 Å². The van der Waals surface area contributed by atoms with Crippen molar-refractivity contribution < 1.29 is 0 Å². The molecule has 0 saturated heterocycles. The van der Waals surface area contributed by atoms with Crippen LogP contribution in [0, 0.1) is 0 Å². The van der Waals surface area contributed by atoms with Crippen molar-refractivity contribution in [2.75, 3.05) is 0 Å². The molecule has 98 heavy (non-hydrogen) atoms. The minimum atomic E-state index is 0.208. The summed E-state index contributed by atoms with van der Waals surface area (Å²) in [6, 6.07) is 87.0. The minimum absolute atomic E-state index is 0.208. The van der Waals surface area contributed by atoms with Crippen LogP contribution in [-0.2, 0) is 24.7 Å². The van der Waals surface area contributed by atoms with Crippen molar-refractivity contribution in [1.82, 2.24) is 0 Å². The Bertz CT molecular complexity index is 4200. The van der Waals surface area contributed by atoms with Gasteiger partial charge < -0.3 is 0 Å². The quantitative estimate of drug-likeness (QED) is 0.0395. The van der Waals surface area contributed by atoms with Gasteiger partial charge in [0.05, 0.1) is 0 Å². The summed E-state index contributed by atoms with van der Waals surface area (Å²) < 4.78 is 0. The molecular weight excluding hydrogens is 1220 g/mol. The topological polar surface area (TPSA) is 0 Å². The SMILES string of the molecule is CC(C)(C)c1ccc2cc3ccccc3cc2c1.CCCCCCCCCC(C)c1ccc2ccccc2c1.CCCCCCCCCCCCCC(C)c1ccccc1.CCc1ccc(Cl)cc1Cl.CCc1ccc2cc3ccccc3cc2c1.CCc1ccc2ccccc2c1. The Balaban J connectivity index is 0.000000168. The molecule has 0 fully saturated rings. The number of rotatable bonds is 25. The molecule has 0 spiro atoms. The van der Waals surface area contributed by atoms with Crippen molar-refractivity contribution in [1.29, 1.82) is 0 Å². The predicted octanol–water partition coefficient (Wildman–Crippen LogP) is 31.4. The van der Waals surface area contributed by atoms with Gasteiger partial charge in [0.15, 0.2) is 0 Å². The summed E-state index contributed by atoms with van der Waals surface area (Å²) in [6.45, 7) is 22.5. The van der Waals surface area contributed by atoms with Crippen LogP contribution in [0.3, 0.4) is 0 Å². The Morgan fingerprint density at radius 2 is 0.622 bits per heavy atom. The van der Waals surface area contributed by atoms with E-state index in [9.17, 15) is 0 Å². The molecule has 0 aromatic heterocycles. The summed E-state index contributed by atoms with van der Waals surface area (Å²) in [5, 5.41) is 17.5. The molecule has 0 aliphatic carbocycles. The van der Waals surface area contributed by atoms with E-state index in [1.165, 1.54) is 221 Å². The van der Waals surface area contributed by atoms with E-state index in [1.807, 2.05) is 12.1 Å². The summed E-state index contributed by atoms with van der Waals surface area (Å²) in [5.41, 5.74) is 8.57. The molecule has 0 heterocycles. The van der Waals surface area contributed by atoms with Crippen molar-refractivity contribution in [2.45, 2.75) is 234 Å². The number of fused-ring (bicyclic) bond motifs is 6. The van der Waals surface area contributed by atoms with Gasteiger partial charge in [-0.3, -0.25) is 0 Å². The van der Waals surface area contributed by atoms with E-state index in [0.717, 1.165) is 35.8 Å². The first-order valence-corrected chi connectivity index (χ1v) is 38.7. The molecule has 12 rings (SSSR count). The van der Waals surface area contributed by atoms with Gasteiger partial charge in [0, 0.05) is 10.0 Å². The van der Waals surface area contributed by atoms with Crippen LogP contribution in [0.15, 0.2) is 243 Å². The van der Waals surface area contributed by atoms with Crippen LogP contribution in [0.5, 0.6) is 0 Å². The summed E-state index contributed by atoms with van der Waals surface area (Å²) >= 11 is 11.5. The Morgan fingerprint density at radius 3 is 1.06 bits per heavy atom. The lowest BCUT2D eigenvalue weighted by molar-refractivity contribution is 0.531. The number of aryl methyl sites for hydroxylation is 3. The van der Waals surface area contributed by atoms with Gasteiger partial charge in [0.2, 0.25) is 0 Å². The zero-order valence-electron chi connectivity index (χ0n) is 61.8. The number of hydrogen-bond donors (Lipinski definition) is 0. The van der Waals surface area contributed by atoms with E-state index < -0.39 is 0 Å². The number of halogens is 2. The molecule has 0 aliphatic rings. The molecule has 2 unspecified atom stereocenters. The third-order valence-electron chi connectivity index (χ3n) is 19.6. The van der Waals surface area contributed by atoms with Crippen LogP contribution in [0.25, 0.3) is 64.6 Å². The lowest BCUT2D eigenvalue weighted by Crippen LogP contribution is -2.10. The van der Waals surface area contributed by atoms with Crippen LogP contribution in [-0.4, -0.2) is 0 Å². The van der Waals surface area contributed by atoms with Gasteiger partial charge in [-0.25, -0.2) is 0 Å². The maximum atomic E-state index is 5.85. The van der Waals surface area contributed by atoms with Gasteiger partial charge in [-0.2, -0.15) is 0 Å². The molecule has 12 aromatic carbocycles. The average molecular weight is 1340 g/mol. The highest BCUT2D eigenvalue weighted by Gasteiger charge is 2.14. The van der Waals surface area contributed by atoms with Crippen molar-refractivity contribution in [3.8, 4) is 0 Å². The Kier molecular flexibility index (Phi) is 34.5. The van der Waals surface area contributed by atoms with Gasteiger partial charge in [-0.1, -0.05) is 414 Å². The highest BCUT2D eigenvalue weighted by molar-refractivity contribution is 6.35. The van der Waals surface area contributed by atoms with Gasteiger partial charge in [0.25, 0.3) is 0 Å². The second-order valence-corrected chi connectivity index (χ2v) is 29.3. The second kappa shape index (κ2) is 43.3. The first-order chi connectivity index (χ1) is 47.7. The molecule has 0 saturated carbocycles. The number of unbranched alkanes of at least 4 members (excludes halogenated alkanes) is 16. The summed E-state index contributed by atoms with van der Waals surface area (Å²) in [6.07, 6.45) is 31.5. The molecule has 12 aromatic rings. The molecule has 0 nitrogen and oxygen atoms in total. The zero-order chi connectivity index (χ0) is 69.7. The molecule has 2 atom stereocenters. The van der Waals surface area contributed by atoms with E-state index in [0.29, 0.717) is 10.9 Å². The fourth-order valence-electron chi connectivity index (χ4n) is 13.0. The maximum Gasteiger partial charge on any atom is 0.0452 e. The van der Waals surface area contributed by atoms with Crippen LogP contribution >= 0.6 is 23.2 Å². The molecule has 0 bridgehead atoms. The highest BCUT2D eigenvalue weighted by atomic mass is 35.5. The van der Waals surface area contributed by atoms with E-state index in [1.54, 1.807) is 6.07 Å². The van der Waals surface area contributed by atoms with Crippen molar-refractivity contribution in [3.63, 3.8) is 0 Å². The normalized spacial score (nSPS) is 11.7. The Labute approximate surface area is 604 Å². The van der Waals surface area contributed by atoms with Gasteiger partial charge in [-0.05, 0) is 184 Å². The summed E-state index contributed by atoms with van der Waals surface area (Å²) in [5.74, 6) is 1.41. The maximum absolute atomic E-state index is 5.85. The molecule has 2 heteroatoms. The van der Waals surface area contributed by atoms with E-state index in [2.05, 4.69) is 294 Å². The lowest BCUT2D eigenvalue weighted by Gasteiger charge is -2.19. The zero-order valence-corrected chi connectivity index (χ0v) is 63.3. The predicted molar refractivity (Wildman–Crippen MR) is 441 cm³/mol. The fourth-order valence-corrected chi connectivity index (χ4v) is 13.6. The third-order valence-corrected chi connectivity index (χ3v) is 20.1. The third kappa shape index (κ3) is 26.8. The molecule has 0 amide bonds. The largest absolute Gasteiger partial charge is 0.0843 e. The van der Waals surface area contributed by atoms with Crippen LogP contribution in [0.1, 0.15) is 243 Å². The van der Waals surface area contributed by atoms with Crippen LogP contribution in [0.2, 0.25) is 10.0 Å². The Morgan fingerprint density at radius 1 is 0.276 bits per heavy atom. The van der Waals surface area contributed by atoms with Gasteiger partial charge in [-0.15, -0.1) is 0 Å². The smallest absolute Gasteiger partial charge is 0.0452 e. The first-order valence-electron chi connectivity index (χ1n) is 38.0. The van der Waals surface area contributed by atoms with E-state index >= 15 is 0 Å². The summed E-state index contributed by atoms with van der Waals surface area (Å²) in [7, 11) is 0. The first kappa shape index (κ1) is 78.1. The van der Waals surface area contributed by atoms with Crippen LogP contribution < -0.4 is 0 Å². The van der Waals surface area contributed by atoms with Crippen molar-refractivity contribution >= 4 is 87.8 Å². The molecule has 0 N–H and O–H groups in total. The minimum Gasteiger partial charge on any atom is -0.0843 e. The van der Waals surface area contributed by atoms with Crippen molar-refractivity contribution in [3.05, 3.63) is 286 Å². The number of benzene rings is 12. The average Bonchev–Trinajstić information content (AvgIpc) is 0.811. The Hall–Kier alpha value is -7.22. The molecule has 0 aliphatic heterocycles. The van der Waals surface area contributed by atoms with E-state index in [4.69, 9.17) is 23.2 Å². The summed E-state index contributed by atoms with van der Waals surface area (Å²) in [4.78, 5) is 0. The fraction of sp³-hybridized carbons (Fsp3) is 0.375. The molecule has 516 valence electrons. The monoisotopic (exact) mass is 1340 g/mol. The lowest BCUT2D eigenvalue weighted by atomic mass is 9.85.